The second-order valence-electron chi connectivity index (χ2n) is 10.2. The summed E-state index contributed by atoms with van der Waals surface area (Å²) in [6, 6.07) is 20.5. The molecular formula is C31H39N3O4S. The highest BCUT2D eigenvalue weighted by atomic mass is 32.2. The summed E-state index contributed by atoms with van der Waals surface area (Å²) in [7, 11) is -4.08. The Morgan fingerprint density at radius 2 is 1.46 bits per heavy atom. The molecule has 0 aromatic heterocycles. The Morgan fingerprint density at radius 3 is 2.05 bits per heavy atom. The molecule has 3 aromatic carbocycles. The van der Waals surface area contributed by atoms with Gasteiger partial charge >= 0.3 is 0 Å². The van der Waals surface area contributed by atoms with Gasteiger partial charge in [-0.1, -0.05) is 66.6 Å². The molecule has 3 rings (SSSR count). The third-order valence-corrected chi connectivity index (χ3v) is 8.57. The number of anilines is 1. The summed E-state index contributed by atoms with van der Waals surface area (Å²) in [5, 5.41) is 2.95. The predicted octanol–water partition coefficient (Wildman–Crippen LogP) is 5.14. The van der Waals surface area contributed by atoms with E-state index in [-0.39, 0.29) is 23.4 Å². The van der Waals surface area contributed by atoms with Crippen molar-refractivity contribution < 1.29 is 18.0 Å². The van der Waals surface area contributed by atoms with Gasteiger partial charge in [-0.25, -0.2) is 8.42 Å². The van der Waals surface area contributed by atoms with Crippen LogP contribution in [0.1, 0.15) is 49.4 Å². The van der Waals surface area contributed by atoms with Crippen molar-refractivity contribution in [1.29, 1.82) is 0 Å². The zero-order chi connectivity index (χ0) is 28.7. The lowest BCUT2D eigenvalue weighted by Gasteiger charge is -2.32. The number of hydrogen-bond acceptors (Lipinski definition) is 4. The predicted molar refractivity (Wildman–Crippen MR) is 156 cm³/mol. The van der Waals surface area contributed by atoms with Crippen molar-refractivity contribution in [3.63, 3.8) is 0 Å². The standard InChI is InChI=1S/C31H39N3O4S/c1-7-25(5)32-31(36)26(6)33(20-27-12-8-10-23(3)18-27)30(35)21-34(28-13-9-11-24(4)19-28)39(37,38)29-16-14-22(2)15-17-29/h8-19,25-26H,7,20-21H2,1-6H3,(H,32,36)/t25-,26+/m1/s1. The Morgan fingerprint density at radius 1 is 0.846 bits per heavy atom. The second-order valence-corrected chi connectivity index (χ2v) is 12.0. The van der Waals surface area contributed by atoms with Gasteiger partial charge in [-0.3, -0.25) is 13.9 Å². The number of amides is 2. The van der Waals surface area contributed by atoms with E-state index in [2.05, 4.69) is 5.32 Å². The van der Waals surface area contributed by atoms with Crippen molar-refractivity contribution in [3.8, 4) is 0 Å². The highest BCUT2D eigenvalue weighted by Gasteiger charge is 2.32. The summed E-state index contributed by atoms with van der Waals surface area (Å²) >= 11 is 0. The molecule has 0 aliphatic carbocycles. The smallest absolute Gasteiger partial charge is 0.264 e. The molecule has 208 valence electrons. The zero-order valence-corrected chi connectivity index (χ0v) is 24.5. The van der Waals surface area contributed by atoms with E-state index in [1.165, 1.54) is 4.90 Å². The van der Waals surface area contributed by atoms with Crippen molar-refractivity contribution in [3.05, 3.63) is 95.1 Å². The van der Waals surface area contributed by atoms with Crippen LogP contribution in [0.3, 0.4) is 0 Å². The van der Waals surface area contributed by atoms with Gasteiger partial charge in [-0.15, -0.1) is 0 Å². The number of nitrogens with one attached hydrogen (secondary N) is 1. The SMILES string of the molecule is CC[C@@H](C)NC(=O)[C@H](C)N(Cc1cccc(C)c1)C(=O)CN(c1cccc(C)c1)S(=O)(=O)c1ccc(C)cc1. The molecule has 0 radical (unpaired) electrons. The summed E-state index contributed by atoms with van der Waals surface area (Å²) in [6.07, 6.45) is 0.750. The van der Waals surface area contributed by atoms with Crippen LogP contribution in [0.25, 0.3) is 0 Å². The first-order valence-electron chi connectivity index (χ1n) is 13.2. The second kappa shape index (κ2) is 12.9. The number of rotatable bonds is 11. The third-order valence-electron chi connectivity index (χ3n) is 6.78. The number of benzene rings is 3. The largest absolute Gasteiger partial charge is 0.352 e. The van der Waals surface area contributed by atoms with Crippen LogP contribution in [-0.4, -0.2) is 43.8 Å². The highest BCUT2D eigenvalue weighted by Crippen LogP contribution is 2.26. The molecular weight excluding hydrogens is 510 g/mol. The first-order chi connectivity index (χ1) is 18.4. The monoisotopic (exact) mass is 549 g/mol. The molecule has 8 heteroatoms. The molecule has 0 saturated heterocycles. The molecule has 2 amide bonds. The van der Waals surface area contributed by atoms with Gasteiger partial charge in [0, 0.05) is 12.6 Å². The van der Waals surface area contributed by atoms with Gasteiger partial charge < -0.3 is 10.2 Å². The lowest BCUT2D eigenvalue weighted by Crippen LogP contribution is -2.52. The summed E-state index contributed by atoms with van der Waals surface area (Å²) in [6.45, 7) is 11.0. The zero-order valence-electron chi connectivity index (χ0n) is 23.6. The number of carbonyl (C=O) groups excluding carboxylic acids is 2. The summed E-state index contributed by atoms with van der Waals surface area (Å²) in [5.74, 6) is -0.755. The fourth-order valence-electron chi connectivity index (χ4n) is 4.20. The quantitative estimate of drug-likeness (QED) is 0.359. The van der Waals surface area contributed by atoms with E-state index < -0.39 is 28.5 Å². The molecule has 1 N–H and O–H groups in total. The number of sulfonamides is 1. The van der Waals surface area contributed by atoms with Gasteiger partial charge in [-0.05, 0) is 76.4 Å². The number of aryl methyl sites for hydroxylation is 3. The topological polar surface area (TPSA) is 86.8 Å². The minimum atomic E-state index is -4.08. The Hall–Kier alpha value is -3.65. The first kappa shape index (κ1) is 29.9. The molecule has 3 aromatic rings. The van der Waals surface area contributed by atoms with Crippen LogP contribution >= 0.6 is 0 Å². The van der Waals surface area contributed by atoms with Gasteiger partial charge in [0.15, 0.2) is 0 Å². The van der Waals surface area contributed by atoms with Gasteiger partial charge in [0.25, 0.3) is 10.0 Å². The molecule has 0 unspecified atom stereocenters. The van der Waals surface area contributed by atoms with Crippen LogP contribution in [0.4, 0.5) is 5.69 Å². The average Bonchev–Trinajstić information content (AvgIpc) is 2.89. The van der Waals surface area contributed by atoms with E-state index >= 15 is 0 Å². The van der Waals surface area contributed by atoms with E-state index in [0.29, 0.717) is 5.69 Å². The minimum absolute atomic E-state index is 0.0541. The molecule has 0 fully saturated rings. The lowest BCUT2D eigenvalue weighted by atomic mass is 10.1. The van der Waals surface area contributed by atoms with Crippen LogP contribution in [0.15, 0.2) is 77.7 Å². The van der Waals surface area contributed by atoms with Crippen molar-refractivity contribution in [1.82, 2.24) is 10.2 Å². The molecule has 39 heavy (non-hydrogen) atoms. The normalized spacial score (nSPS) is 12.9. The van der Waals surface area contributed by atoms with Crippen LogP contribution in [-0.2, 0) is 26.2 Å². The number of hydrogen-bond donors (Lipinski definition) is 1. The molecule has 0 heterocycles. The van der Waals surface area contributed by atoms with Crippen LogP contribution in [0.5, 0.6) is 0 Å². The van der Waals surface area contributed by atoms with Crippen molar-refractivity contribution in [2.45, 2.75) is 71.5 Å². The van der Waals surface area contributed by atoms with E-state index in [1.54, 1.807) is 49.4 Å². The summed E-state index contributed by atoms with van der Waals surface area (Å²) < 4.78 is 28.9. The molecule has 2 atom stereocenters. The fraction of sp³-hybridized carbons (Fsp3) is 0.355. The van der Waals surface area contributed by atoms with E-state index in [1.807, 2.05) is 65.0 Å². The maximum Gasteiger partial charge on any atom is 0.264 e. The van der Waals surface area contributed by atoms with Gasteiger partial charge in [0.05, 0.1) is 10.6 Å². The maximum atomic E-state index is 14.0. The lowest BCUT2D eigenvalue weighted by molar-refractivity contribution is -0.139. The Bertz CT molecular complexity index is 1400. The molecule has 0 spiro atoms. The molecule has 0 aliphatic rings. The van der Waals surface area contributed by atoms with Gasteiger partial charge in [0.1, 0.15) is 12.6 Å². The molecule has 0 bridgehead atoms. The van der Waals surface area contributed by atoms with Crippen LogP contribution < -0.4 is 9.62 Å². The number of nitrogens with zero attached hydrogens (tertiary/aromatic N) is 2. The highest BCUT2D eigenvalue weighted by molar-refractivity contribution is 7.92. The van der Waals surface area contributed by atoms with E-state index in [4.69, 9.17) is 0 Å². The van der Waals surface area contributed by atoms with Crippen LogP contribution in [0.2, 0.25) is 0 Å². The number of carbonyl (C=O) groups is 2. The Labute approximate surface area is 232 Å². The third kappa shape index (κ3) is 7.69. The van der Waals surface area contributed by atoms with Crippen molar-refractivity contribution >= 4 is 27.5 Å². The average molecular weight is 550 g/mol. The first-order valence-corrected chi connectivity index (χ1v) is 14.7. The van der Waals surface area contributed by atoms with Crippen molar-refractivity contribution in [2.75, 3.05) is 10.8 Å². The van der Waals surface area contributed by atoms with Crippen LogP contribution in [0, 0.1) is 20.8 Å². The fourth-order valence-corrected chi connectivity index (χ4v) is 5.61. The summed E-state index contributed by atoms with van der Waals surface area (Å²) in [5.41, 5.74) is 4.06. The van der Waals surface area contributed by atoms with Crippen molar-refractivity contribution in [2.24, 2.45) is 0 Å². The van der Waals surface area contributed by atoms with Gasteiger partial charge in [-0.2, -0.15) is 0 Å². The molecule has 0 aliphatic heterocycles. The van der Waals surface area contributed by atoms with E-state index in [9.17, 15) is 18.0 Å². The molecule has 7 nitrogen and oxygen atoms in total. The molecule has 0 saturated carbocycles. The van der Waals surface area contributed by atoms with E-state index in [0.717, 1.165) is 33.0 Å². The van der Waals surface area contributed by atoms with Gasteiger partial charge in [0.2, 0.25) is 11.8 Å². The Kier molecular flexibility index (Phi) is 9.92. The maximum absolute atomic E-state index is 14.0. The Balaban J connectivity index is 2.03. The summed E-state index contributed by atoms with van der Waals surface area (Å²) in [4.78, 5) is 28.7. The minimum Gasteiger partial charge on any atom is -0.352 e.